The summed E-state index contributed by atoms with van der Waals surface area (Å²) in [5.41, 5.74) is 7.65. The minimum atomic E-state index is -0.302. The molecule has 226 valence electrons. The summed E-state index contributed by atoms with van der Waals surface area (Å²) >= 11 is 6.61. The first kappa shape index (κ1) is 31.0. The number of rotatable bonds is 13. The number of aliphatic hydroxyl groups is 2. The molecule has 43 heavy (non-hydrogen) atoms. The van der Waals surface area contributed by atoms with Crippen molar-refractivity contribution in [3.63, 3.8) is 0 Å². The van der Waals surface area contributed by atoms with Crippen molar-refractivity contribution in [1.29, 1.82) is 0 Å². The van der Waals surface area contributed by atoms with Crippen molar-refractivity contribution in [2.45, 2.75) is 46.4 Å². The molecule has 1 heterocycles. The molecule has 0 bridgehead atoms. The molecular formula is C35H40ClN3O4. The van der Waals surface area contributed by atoms with Gasteiger partial charge in [-0.05, 0) is 64.6 Å². The van der Waals surface area contributed by atoms with Crippen LogP contribution in [0.25, 0.3) is 16.7 Å². The summed E-state index contributed by atoms with van der Waals surface area (Å²) in [4.78, 5) is 4.84. The Balaban J connectivity index is 1.31. The van der Waals surface area contributed by atoms with Gasteiger partial charge in [-0.1, -0.05) is 74.0 Å². The van der Waals surface area contributed by atoms with Gasteiger partial charge in [0.1, 0.15) is 17.9 Å². The van der Waals surface area contributed by atoms with Crippen molar-refractivity contribution in [1.82, 2.24) is 15.6 Å². The normalized spacial score (nSPS) is 16.0. The van der Waals surface area contributed by atoms with E-state index in [4.69, 9.17) is 36.0 Å². The highest BCUT2D eigenvalue weighted by atomic mass is 35.5. The number of ether oxygens (including phenoxy) is 1. The number of allylic oxidation sites excluding steroid dienone is 4. The minimum Gasteiger partial charge on any atom is -0.489 e. The number of aromatic nitrogens is 1. The molecule has 8 heteroatoms. The number of aliphatic hydroxyl groups excluding tert-OH is 2. The Labute approximate surface area is 258 Å². The number of fused-ring (bicyclic) bond motifs is 1. The summed E-state index contributed by atoms with van der Waals surface area (Å²) in [5, 5.41) is 25.0. The van der Waals surface area contributed by atoms with Crippen LogP contribution in [0.1, 0.15) is 53.5 Å². The maximum Gasteiger partial charge on any atom is 0.203 e. The predicted molar refractivity (Wildman–Crippen MR) is 172 cm³/mol. The molecule has 1 aromatic heterocycles. The SMILES string of the molecule is Cc1cc(CNCCO)ccc1OCc1cccc(C2=CC=CC(c3nc4c(Cl)cc(CNCCO)cc4o3)C2(C)C)c1. The van der Waals surface area contributed by atoms with Crippen LogP contribution < -0.4 is 15.4 Å². The third-order valence-corrected chi connectivity index (χ3v) is 8.22. The molecule has 0 radical (unpaired) electrons. The Hall–Kier alpha value is -3.46. The highest BCUT2D eigenvalue weighted by Gasteiger charge is 2.38. The Bertz CT molecular complexity index is 1620. The number of halogens is 1. The summed E-state index contributed by atoms with van der Waals surface area (Å²) in [5.74, 6) is 1.41. The summed E-state index contributed by atoms with van der Waals surface area (Å²) in [6.07, 6.45) is 6.39. The summed E-state index contributed by atoms with van der Waals surface area (Å²) in [6, 6.07) is 18.5. The fraction of sp³-hybridized carbons (Fsp3) is 0.343. The molecule has 0 fully saturated rings. The van der Waals surface area contributed by atoms with Gasteiger partial charge in [0, 0.05) is 31.6 Å². The zero-order valence-corrected chi connectivity index (χ0v) is 25.7. The third-order valence-electron chi connectivity index (χ3n) is 7.94. The standard InChI is InChI=1S/C35H40ClN3O4/c1-23-16-24(20-37-12-14-40)10-11-31(23)42-22-25-6-4-7-27(17-25)28-8-5-9-29(35(28,2)3)34-39-33-30(36)18-26(19-32(33)43-34)21-38-13-15-41/h4-11,16-19,29,37-38,40-41H,12-15,20-22H2,1-3H3. The molecule has 0 saturated carbocycles. The predicted octanol–water partition coefficient (Wildman–Crippen LogP) is 6.30. The second kappa shape index (κ2) is 13.9. The van der Waals surface area contributed by atoms with Crippen LogP contribution in [-0.2, 0) is 19.7 Å². The fourth-order valence-corrected chi connectivity index (χ4v) is 5.91. The van der Waals surface area contributed by atoms with Crippen LogP contribution in [0.2, 0.25) is 5.02 Å². The van der Waals surface area contributed by atoms with E-state index in [0.717, 1.165) is 33.6 Å². The van der Waals surface area contributed by atoms with Gasteiger partial charge in [-0.15, -0.1) is 0 Å². The Kier molecular flexibility index (Phi) is 10.0. The topological polar surface area (TPSA) is 99.8 Å². The molecule has 4 aromatic rings. The molecule has 1 atom stereocenters. The van der Waals surface area contributed by atoms with Crippen LogP contribution in [0.5, 0.6) is 5.75 Å². The molecule has 5 rings (SSSR count). The molecule has 0 amide bonds. The summed E-state index contributed by atoms with van der Waals surface area (Å²) in [7, 11) is 0. The van der Waals surface area contributed by atoms with Crippen LogP contribution in [0.3, 0.4) is 0 Å². The Morgan fingerprint density at radius 1 is 0.953 bits per heavy atom. The van der Waals surface area contributed by atoms with E-state index in [1.54, 1.807) is 0 Å². The average molecular weight is 602 g/mol. The van der Waals surface area contributed by atoms with E-state index >= 15 is 0 Å². The van der Waals surface area contributed by atoms with E-state index in [-0.39, 0.29) is 24.5 Å². The highest BCUT2D eigenvalue weighted by molar-refractivity contribution is 6.34. The number of hydrogen-bond donors (Lipinski definition) is 4. The summed E-state index contributed by atoms with van der Waals surface area (Å²) < 4.78 is 12.6. The Morgan fingerprint density at radius 3 is 2.47 bits per heavy atom. The molecule has 1 aliphatic rings. The lowest BCUT2D eigenvalue weighted by molar-refractivity contribution is 0.291. The van der Waals surface area contributed by atoms with Crippen LogP contribution in [0, 0.1) is 12.3 Å². The lowest BCUT2D eigenvalue weighted by Gasteiger charge is -2.35. The van der Waals surface area contributed by atoms with Gasteiger partial charge in [-0.2, -0.15) is 0 Å². The monoisotopic (exact) mass is 601 g/mol. The molecule has 0 aliphatic heterocycles. The first-order chi connectivity index (χ1) is 20.8. The van der Waals surface area contributed by atoms with Crippen LogP contribution in [0.4, 0.5) is 0 Å². The van der Waals surface area contributed by atoms with E-state index in [1.165, 1.54) is 5.57 Å². The highest BCUT2D eigenvalue weighted by Crippen LogP contribution is 2.49. The van der Waals surface area contributed by atoms with Crippen molar-refractivity contribution in [3.05, 3.63) is 112 Å². The lowest BCUT2D eigenvalue weighted by atomic mass is 9.68. The molecule has 0 spiro atoms. The average Bonchev–Trinajstić information content (AvgIpc) is 3.41. The number of benzene rings is 3. The molecule has 4 N–H and O–H groups in total. The lowest BCUT2D eigenvalue weighted by Crippen LogP contribution is -2.25. The van der Waals surface area contributed by atoms with E-state index in [1.807, 2.05) is 18.2 Å². The maximum absolute atomic E-state index is 9.06. The van der Waals surface area contributed by atoms with Gasteiger partial charge < -0.3 is 30.0 Å². The van der Waals surface area contributed by atoms with Crippen LogP contribution in [0.15, 0.2) is 77.2 Å². The molecule has 7 nitrogen and oxygen atoms in total. The van der Waals surface area contributed by atoms with E-state index in [9.17, 15) is 0 Å². The van der Waals surface area contributed by atoms with Gasteiger partial charge in [0.15, 0.2) is 5.58 Å². The van der Waals surface area contributed by atoms with Gasteiger partial charge in [-0.25, -0.2) is 4.98 Å². The maximum atomic E-state index is 9.06. The zero-order chi connectivity index (χ0) is 30.4. The van der Waals surface area contributed by atoms with Crippen molar-refractivity contribution in [2.24, 2.45) is 5.41 Å². The summed E-state index contributed by atoms with van der Waals surface area (Å²) in [6.45, 7) is 9.55. The number of nitrogens with one attached hydrogen (secondary N) is 2. The van der Waals surface area contributed by atoms with Gasteiger partial charge in [0.25, 0.3) is 0 Å². The molecule has 3 aromatic carbocycles. The fourth-order valence-electron chi connectivity index (χ4n) is 5.64. The van der Waals surface area contributed by atoms with Crippen molar-refractivity contribution in [3.8, 4) is 5.75 Å². The van der Waals surface area contributed by atoms with Gasteiger partial charge in [0.2, 0.25) is 5.89 Å². The molecule has 0 saturated heterocycles. The minimum absolute atomic E-state index is 0.0795. The number of oxazole rings is 1. The van der Waals surface area contributed by atoms with E-state index in [2.05, 4.69) is 86.0 Å². The zero-order valence-electron chi connectivity index (χ0n) is 25.0. The number of aryl methyl sites for hydroxylation is 1. The smallest absolute Gasteiger partial charge is 0.203 e. The third kappa shape index (κ3) is 7.20. The van der Waals surface area contributed by atoms with Crippen molar-refractivity contribution < 1.29 is 19.4 Å². The number of nitrogens with zero attached hydrogens (tertiary/aromatic N) is 1. The van der Waals surface area contributed by atoms with Crippen molar-refractivity contribution in [2.75, 3.05) is 26.3 Å². The van der Waals surface area contributed by atoms with E-state index in [0.29, 0.717) is 54.8 Å². The quantitative estimate of drug-likeness (QED) is 0.134. The van der Waals surface area contributed by atoms with Crippen LogP contribution in [-0.4, -0.2) is 41.5 Å². The largest absolute Gasteiger partial charge is 0.489 e. The second-order valence-electron chi connectivity index (χ2n) is 11.5. The van der Waals surface area contributed by atoms with E-state index < -0.39 is 0 Å². The molecular weight excluding hydrogens is 562 g/mol. The molecule has 1 aliphatic carbocycles. The Morgan fingerprint density at radius 2 is 1.72 bits per heavy atom. The van der Waals surface area contributed by atoms with Gasteiger partial charge >= 0.3 is 0 Å². The first-order valence-corrected chi connectivity index (χ1v) is 15.1. The van der Waals surface area contributed by atoms with Gasteiger partial charge in [-0.3, -0.25) is 0 Å². The first-order valence-electron chi connectivity index (χ1n) is 14.7. The van der Waals surface area contributed by atoms with Crippen molar-refractivity contribution >= 4 is 28.3 Å². The number of hydrogen-bond acceptors (Lipinski definition) is 7. The molecule has 1 unspecified atom stereocenters. The second-order valence-corrected chi connectivity index (χ2v) is 11.9. The van der Waals surface area contributed by atoms with Crippen LogP contribution >= 0.6 is 11.6 Å². The van der Waals surface area contributed by atoms with Gasteiger partial charge in [0.05, 0.1) is 24.2 Å².